The Morgan fingerprint density at radius 2 is 1.67 bits per heavy atom. The summed E-state index contributed by atoms with van der Waals surface area (Å²) in [5.41, 5.74) is 0.192. The number of rotatable bonds is 8. The van der Waals surface area contributed by atoms with Crippen LogP contribution in [0, 0.1) is 5.82 Å². The highest BCUT2D eigenvalue weighted by Gasteiger charge is 2.18. The number of aromatic nitrogens is 7. The van der Waals surface area contributed by atoms with E-state index in [2.05, 4.69) is 20.1 Å². The standard InChI is InChI=1S/C16H8Cl2FN5O.C15H16Cl3N3O2/c17-9-1-4-14(12(18)5-9)24-15(25)11-6-10(19)2-3-13(11)22-16(24)23-8-20-7-21-23;1-2-4-20(15(22)21-5-3-19-10-21)6-7-23-14-12(17)8-11(16)9-13(14)18/h1-8H;3,5,8-10H,2,4,6-7H2,1H3. The smallest absolute Gasteiger partial charge is 0.329 e. The van der Waals surface area contributed by atoms with E-state index in [9.17, 15) is 14.0 Å². The number of hydrogen-bond donors (Lipinski definition) is 0. The van der Waals surface area contributed by atoms with Crippen molar-refractivity contribution in [3.8, 4) is 17.4 Å². The van der Waals surface area contributed by atoms with Gasteiger partial charge in [0.05, 0.1) is 38.2 Å². The maximum atomic E-state index is 13.6. The minimum atomic E-state index is -0.534. The van der Waals surface area contributed by atoms with Crippen molar-refractivity contribution in [3.63, 3.8) is 0 Å². The molecule has 3 aromatic carbocycles. The Balaban J connectivity index is 0.000000189. The Morgan fingerprint density at radius 3 is 2.31 bits per heavy atom. The molecule has 0 spiro atoms. The lowest BCUT2D eigenvalue weighted by atomic mass is 10.2. The number of halogens is 6. The van der Waals surface area contributed by atoms with Crippen LogP contribution in [0.1, 0.15) is 13.3 Å². The lowest BCUT2D eigenvalue weighted by Crippen LogP contribution is -2.37. The summed E-state index contributed by atoms with van der Waals surface area (Å²) in [6.45, 7) is 3.28. The van der Waals surface area contributed by atoms with Crippen LogP contribution in [0.25, 0.3) is 22.5 Å². The Bertz CT molecular complexity index is 2090. The van der Waals surface area contributed by atoms with Crippen molar-refractivity contribution >= 4 is 74.9 Å². The number of amides is 1. The number of benzene rings is 3. The van der Waals surface area contributed by atoms with Gasteiger partial charge in [0.1, 0.15) is 31.4 Å². The van der Waals surface area contributed by atoms with E-state index in [0.29, 0.717) is 50.1 Å². The molecule has 0 aliphatic rings. The van der Waals surface area contributed by atoms with Crippen molar-refractivity contribution < 1.29 is 13.9 Å². The molecule has 0 atom stereocenters. The van der Waals surface area contributed by atoms with Gasteiger partial charge in [0.15, 0.2) is 5.75 Å². The van der Waals surface area contributed by atoms with E-state index < -0.39 is 11.4 Å². The second-order valence-corrected chi connectivity index (χ2v) is 12.0. The van der Waals surface area contributed by atoms with E-state index in [-0.39, 0.29) is 29.0 Å². The zero-order chi connectivity index (χ0) is 34.4. The molecule has 248 valence electrons. The summed E-state index contributed by atoms with van der Waals surface area (Å²) in [6.07, 6.45) is 8.19. The molecule has 0 N–H and O–H groups in total. The maximum Gasteiger partial charge on any atom is 0.329 e. The lowest BCUT2D eigenvalue weighted by molar-refractivity contribution is 0.184. The van der Waals surface area contributed by atoms with Gasteiger partial charge in [-0.1, -0.05) is 64.9 Å². The van der Waals surface area contributed by atoms with Crippen LogP contribution in [-0.2, 0) is 0 Å². The van der Waals surface area contributed by atoms with Gasteiger partial charge >= 0.3 is 6.03 Å². The van der Waals surface area contributed by atoms with Gasteiger partial charge in [-0.3, -0.25) is 9.36 Å². The van der Waals surface area contributed by atoms with Gasteiger partial charge in [-0.05, 0) is 55.0 Å². The summed E-state index contributed by atoms with van der Waals surface area (Å²) in [7, 11) is 0. The second kappa shape index (κ2) is 15.8. The molecule has 6 rings (SSSR count). The van der Waals surface area contributed by atoms with E-state index >= 15 is 0 Å². The largest absolute Gasteiger partial charge is 0.489 e. The molecule has 0 fully saturated rings. The first kappa shape index (κ1) is 35.1. The number of carbonyl (C=O) groups excluding carboxylic acids is 1. The quantitative estimate of drug-likeness (QED) is 0.155. The van der Waals surface area contributed by atoms with Gasteiger partial charge < -0.3 is 9.64 Å². The van der Waals surface area contributed by atoms with Gasteiger partial charge in [-0.2, -0.15) is 9.78 Å². The van der Waals surface area contributed by atoms with E-state index in [0.717, 1.165) is 12.5 Å². The van der Waals surface area contributed by atoms with Crippen molar-refractivity contribution in [1.82, 2.24) is 38.8 Å². The van der Waals surface area contributed by atoms with Crippen LogP contribution < -0.4 is 10.3 Å². The zero-order valence-electron chi connectivity index (χ0n) is 24.9. The molecule has 11 nitrogen and oxygen atoms in total. The first-order valence-corrected chi connectivity index (χ1v) is 16.0. The van der Waals surface area contributed by atoms with Crippen LogP contribution in [0.15, 0.2) is 84.7 Å². The van der Waals surface area contributed by atoms with Gasteiger partial charge in [0, 0.05) is 29.0 Å². The van der Waals surface area contributed by atoms with E-state index in [1.54, 1.807) is 41.6 Å². The van der Waals surface area contributed by atoms with Gasteiger partial charge in [-0.15, -0.1) is 0 Å². The number of ether oxygens (including phenoxy) is 1. The molecule has 0 bridgehead atoms. The fourth-order valence-corrected chi connectivity index (χ4v) is 5.94. The molecule has 0 aliphatic carbocycles. The van der Waals surface area contributed by atoms with Gasteiger partial charge in [-0.25, -0.2) is 28.7 Å². The summed E-state index contributed by atoms with van der Waals surface area (Å²) in [5.74, 6) is 0.00347. The summed E-state index contributed by atoms with van der Waals surface area (Å²) >= 11 is 30.2. The second-order valence-electron chi connectivity index (χ2n) is 9.94. The van der Waals surface area contributed by atoms with Crippen LogP contribution in [-0.4, -0.2) is 64.5 Å². The highest BCUT2D eigenvalue weighted by molar-refractivity contribution is 6.40. The van der Waals surface area contributed by atoms with Crippen molar-refractivity contribution in [2.24, 2.45) is 0 Å². The normalized spacial score (nSPS) is 10.9. The molecule has 3 heterocycles. The number of imidazole rings is 1. The van der Waals surface area contributed by atoms with Crippen LogP contribution in [0.3, 0.4) is 0 Å². The Hall–Kier alpha value is -4.20. The fraction of sp³-hybridized carbons (Fsp3) is 0.161. The van der Waals surface area contributed by atoms with Gasteiger partial charge in [0.2, 0.25) is 5.95 Å². The molecule has 6 aromatic rings. The third kappa shape index (κ3) is 8.08. The molecule has 0 radical (unpaired) electrons. The highest BCUT2D eigenvalue weighted by atomic mass is 35.5. The number of nitrogens with zero attached hydrogens (tertiary/aromatic N) is 8. The molecule has 1 amide bonds. The van der Waals surface area contributed by atoms with Crippen molar-refractivity contribution in [1.29, 1.82) is 0 Å². The Morgan fingerprint density at radius 1 is 0.917 bits per heavy atom. The first-order chi connectivity index (χ1) is 23.1. The zero-order valence-corrected chi connectivity index (χ0v) is 28.7. The SMILES string of the molecule is CCCN(CCOc1c(Cl)cc(Cl)cc1Cl)C(=O)n1ccnc1.O=c1c2cc(F)ccc2nc(-n2cncn2)n1-c1ccc(Cl)cc1Cl. The van der Waals surface area contributed by atoms with Crippen molar-refractivity contribution in [2.45, 2.75) is 13.3 Å². The third-order valence-corrected chi connectivity index (χ3v) is 7.96. The molecule has 0 saturated heterocycles. The average Bonchev–Trinajstić information content (AvgIpc) is 3.78. The molecular weight excluding hydrogens is 729 g/mol. The minimum Gasteiger partial charge on any atom is -0.489 e. The number of carbonyl (C=O) groups is 1. The summed E-state index contributed by atoms with van der Waals surface area (Å²) in [6, 6.07) is 11.5. The monoisotopic (exact) mass is 750 g/mol. The minimum absolute atomic E-state index is 0.120. The Labute approximate surface area is 298 Å². The number of hydrogen-bond acceptors (Lipinski definition) is 7. The maximum absolute atomic E-state index is 13.6. The van der Waals surface area contributed by atoms with E-state index in [1.807, 2.05) is 6.92 Å². The van der Waals surface area contributed by atoms with Crippen LogP contribution in [0.4, 0.5) is 9.18 Å². The molecule has 3 aromatic heterocycles. The molecule has 0 unspecified atom stereocenters. The summed E-state index contributed by atoms with van der Waals surface area (Å²) < 4.78 is 23.2. The molecule has 0 saturated carbocycles. The average molecular weight is 753 g/mol. The lowest BCUT2D eigenvalue weighted by Gasteiger charge is -2.22. The topological polar surface area (TPSA) is 113 Å². The fourth-order valence-electron chi connectivity index (χ4n) is 4.52. The van der Waals surface area contributed by atoms with E-state index in [1.165, 1.54) is 51.0 Å². The first-order valence-electron chi connectivity index (χ1n) is 14.1. The van der Waals surface area contributed by atoms with E-state index in [4.69, 9.17) is 62.7 Å². The molecular formula is C31H24Cl5FN8O3. The predicted octanol–water partition coefficient (Wildman–Crippen LogP) is 8.01. The van der Waals surface area contributed by atoms with Crippen LogP contribution in [0.5, 0.6) is 5.75 Å². The van der Waals surface area contributed by atoms with Gasteiger partial charge in [0.25, 0.3) is 5.56 Å². The third-order valence-electron chi connectivity index (χ3n) is 6.65. The van der Waals surface area contributed by atoms with Crippen molar-refractivity contribution in [3.05, 3.63) is 121 Å². The molecule has 17 heteroatoms. The molecule has 48 heavy (non-hydrogen) atoms. The Kier molecular flexibility index (Phi) is 11.6. The summed E-state index contributed by atoms with van der Waals surface area (Å²) in [4.78, 5) is 39.2. The predicted molar refractivity (Wildman–Crippen MR) is 184 cm³/mol. The van der Waals surface area contributed by atoms with Crippen LogP contribution in [0.2, 0.25) is 25.1 Å². The number of fused-ring (bicyclic) bond motifs is 1. The molecule has 0 aliphatic heterocycles. The van der Waals surface area contributed by atoms with Crippen LogP contribution >= 0.6 is 58.0 Å². The summed E-state index contributed by atoms with van der Waals surface area (Å²) in [5, 5.41) is 5.93. The highest BCUT2D eigenvalue weighted by Crippen LogP contribution is 2.35. The van der Waals surface area contributed by atoms with Crippen molar-refractivity contribution in [2.75, 3.05) is 19.7 Å².